The van der Waals surface area contributed by atoms with Gasteiger partial charge in [0.25, 0.3) is 0 Å². The predicted molar refractivity (Wildman–Crippen MR) is 81.2 cm³/mol. The summed E-state index contributed by atoms with van der Waals surface area (Å²) in [5.41, 5.74) is 1.58. The Kier molecular flexibility index (Phi) is 3.76. The fourth-order valence-electron chi connectivity index (χ4n) is 2.53. The minimum absolute atomic E-state index is 0.426. The molecule has 1 nitrogen and oxygen atoms in total. The highest BCUT2D eigenvalue weighted by Gasteiger charge is 2.19. The van der Waals surface area contributed by atoms with Gasteiger partial charge in [0, 0.05) is 27.1 Å². The first-order chi connectivity index (χ1) is 8.76. The number of hydrogen-bond donors (Lipinski definition) is 1. The number of thiophene rings is 2. The maximum Gasteiger partial charge on any atom is 0.0931 e. The lowest BCUT2D eigenvalue weighted by molar-refractivity contribution is 0.606. The van der Waals surface area contributed by atoms with Gasteiger partial charge in [-0.25, -0.2) is 0 Å². The Morgan fingerprint density at radius 2 is 2.22 bits per heavy atom. The number of likely N-dealkylation sites (N-methyl/N-ethyl adjacent to an activating group) is 1. The van der Waals surface area contributed by atoms with E-state index in [0.29, 0.717) is 6.04 Å². The predicted octanol–water partition coefficient (Wildman–Crippen LogP) is 4.45. The van der Waals surface area contributed by atoms with Gasteiger partial charge < -0.3 is 5.32 Å². The van der Waals surface area contributed by atoms with Crippen molar-refractivity contribution in [2.75, 3.05) is 7.05 Å². The van der Waals surface area contributed by atoms with Crippen molar-refractivity contribution >= 4 is 34.3 Å². The summed E-state index contributed by atoms with van der Waals surface area (Å²) in [4.78, 5) is 4.44. The van der Waals surface area contributed by atoms with E-state index in [2.05, 4.69) is 17.4 Å². The van der Waals surface area contributed by atoms with Gasteiger partial charge in [0.2, 0.25) is 0 Å². The van der Waals surface area contributed by atoms with Gasteiger partial charge in [-0.1, -0.05) is 11.6 Å². The van der Waals surface area contributed by atoms with Crippen LogP contribution < -0.4 is 5.32 Å². The van der Waals surface area contributed by atoms with E-state index in [1.54, 1.807) is 21.8 Å². The maximum absolute atomic E-state index is 5.99. The molecule has 96 valence electrons. The molecule has 2 heterocycles. The number of aryl methyl sites for hydroxylation is 2. The topological polar surface area (TPSA) is 12.0 Å². The number of fused-ring (bicyclic) bond motifs is 1. The molecule has 0 fully saturated rings. The third kappa shape index (κ3) is 2.50. The van der Waals surface area contributed by atoms with Gasteiger partial charge in [-0.3, -0.25) is 0 Å². The highest BCUT2D eigenvalue weighted by molar-refractivity contribution is 7.16. The summed E-state index contributed by atoms with van der Waals surface area (Å²) < 4.78 is 0.883. The van der Waals surface area contributed by atoms with E-state index in [0.717, 1.165) is 10.8 Å². The van der Waals surface area contributed by atoms with Crippen molar-refractivity contribution in [2.24, 2.45) is 0 Å². The average Bonchev–Trinajstić information content (AvgIpc) is 3.00. The van der Waals surface area contributed by atoms with Crippen LogP contribution in [0.25, 0.3) is 0 Å². The fourth-order valence-corrected chi connectivity index (χ4v) is 5.03. The zero-order valence-electron chi connectivity index (χ0n) is 10.3. The standard InChI is InChI=1S/C14H16ClNS2/c1-16-11(8-10-5-6-14(15)17-10)13-7-9-3-2-4-12(9)18-13/h5-7,11,16H,2-4,8H2,1H3. The van der Waals surface area contributed by atoms with Crippen molar-refractivity contribution in [3.8, 4) is 0 Å². The zero-order valence-corrected chi connectivity index (χ0v) is 12.7. The van der Waals surface area contributed by atoms with Crippen LogP contribution in [0.1, 0.15) is 32.7 Å². The van der Waals surface area contributed by atoms with E-state index in [9.17, 15) is 0 Å². The molecule has 1 N–H and O–H groups in total. The Labute approximate surface area is 121 Å². The molecular weight excluding hydrogens is 282 g/mol. The quantitative estimate of drug-likeness (QED) is 0.879. The first kappa shape index (κ1) is 12.7. The molecule has 0 radical (unpaired) electrons. The van der Waals surface area contributed by atoms with Gasteiger partial charge >= 0.3 is 0 Å². The van der Waals surface area contributed by atoms with Crippen molar-refractivity contribution in [1.82, 2.24) is 5.32 Å². The third-order valence-electron chi connectivity index (χ3n) is 3.49. The van der Waals surface area contributed by atoms with Crippen molar-refractivity contribution in [3.05, 3.63) is 42.7 Å². The molecule has 0 spiro atoms. The smallest absolute Gasteiger partial charge is 0.0931 e. The number of nitrogens with one attached hydrogen (secondary N) is 1. The van der Waals surface area contributed by atoms with Gasteiger partial charge in [0.15, 0.2) is 0 Å². The summed E-state index contributed by atoms with van der Waals surface area (Å²) in [6.07, 6.45) is 4.92. The molecule has 3 rings (SSSR count). The summed E-state index contributed by atoms with van der Waals surface area (Å²) >= 11 is 9.67. The largest absolute Gasteiger partial charge is 0.312 e. The van der Waals surface area contributed by atoms with Gasteiger partial charge in [-0.15, -0.1) is 22.7 Å². The highest BCUT2D eigenvalue weighted by Crippen LogP contribution is 2.35. The summed E-state index contributed by atoms with van der Waals surface area (Å²) in [5, 5.41) is 3.44. The normalized spacial score (nSPS) is 15.9. The Morgan fingerprint density at radius 1 is 1.33 bits per heavy atom. The van der Waals surface area contributed by atoms with Crippen LogP contribution in [-0.4, -0.2) is 7.05 Å². The fraction of sp³-hybridized carbons (Fsp3) is 0.429. The first-order valence-corrected chi connectivity index (χ1v) is 8.30. The molecule has 2 aromatic rings. The minimum atomic E-state index is 0.426. The molecule has 0 saturated heterocycles. The monoisotopic (exact) mass is 297 g/mol. The number of hydrogen-bond acceptors (Lipinski definition) is 3. The van der Waals surface area contributed by atoms with Crippen LogP contribution in [0.2, 0.25) is 4.34 Å². The molecule has 0 aliphatic heterocycles. The molecule has 0 bridgehead atoms. The molecular formula is C14H16ClNS2. The molecule has 18 heavy (non-hydrogen) atoms. The molecule has 1 unspecified atom stereocenters. The van der Waals surface area contributed by atoms with Crippen molar-refractivity contribution in [1.29, 1.82) is 0 Å². The molecule has 1 aliphatic carbocycles. The van der Waals surface area contributed by atoms with E-state index in [4.69, 9.17) is 11.6 Å². The van der Waals surface area contributed by atoms with E-state index in [1.807, 2.05) is 24.5 Å². The van der Waals surface area contributed by atoms with Crippen LogP contribution in [-0.2, 0) is 19.3 Å². The highest BCUT2D eigenvalue weighted by atomic mass is 35.5. The van der Waals surface area contributed by atoms with Crippen LogP contribution in [0.15, 0.2) is 18.2 Å². The Hall–Kier alpha value is -0.350. The summed E-state index contributed by atoms with van der Waals surface area (Å²) in [7, 11) is 2.05. The molecule has 4 heteroatoms. The van der Waals surface area contributed by atoms with E-state index in [-0.39, 0.29) is 0 Å². The summed E-state index contributed by atoms with van der Waals surface area (Å²) in [5.74, 6) is 0. The summed E-state index contributed by atoms with van der Waals surface area (Å²) in [6, 6.07) is 6.96. The van der Waals surface area contributed by atoms with Crippen molar-refractivity contribution < 1.29 is 0 Å². The van der Waals surface area contributed by atoms with Crippen LogP contribution in [0, 0.1) is 0 Å². The number of halogens is 1. The lowest BCUT2D eigenvalue weighted by Crippen LogP contribution is -2.17. The van der Waals surface area contributed by atoms with E-state index < -0.39 is 0 Å². The molecule has 1 atom stereocenters. The molecule has 0 saturated carbocycles. The minimum Gasteiger partial charge on any atom is -0.312 e. The second-order valence-corrected chi connectivity index (χ2v) is 7.67. The molecule has 2 aromatic heterocycles. The average molecular weight is 298 g/mol. The molecule has 0 aromatic carbocycles. The van der Waals surface area contributed by atoms with Crippen LogP contribution >= 0.6 is 34.3 Å². The lowest BCUT2D eigenvalue weighted by atomic mass is 10.1. The Balaban J connectivity index is 1.79. The van der Waals surface area contributed by atoms with Gasteiger partial charge in [0.1, 0.15) is 0 Å². The third-order valence-corrected chi connectivity index (χ3v) is 6.10. The summed E-state index contributed by atoms with van der Waals surface area (Å²) in [6.45, 7) is 0. The number of rotatable bonds is 4. The van der Waals surface area contributed by atoms with Crippen molar-refractivity contribution in [2.45, 2.75) is 31.7 Å². The second-order valence-electron chi connectivity index (χ2n) is 4.70. The SMILES string of the molecule is CNC(Cc1ccc(Cl)s1)c1cc2c(s1)CCC2. The maximum atomic E-state index is 5.99. The Bertz CT molecular complexity index is 522. The first-order valence-electron chi connectivity index (χ1n) is 6.29. The lowest BCUT2D eigenvalue weighted by Gasteiger charge is -2.13. The van der Waals surface area contributed by atoms with E-state index >= 15 is 0 Å². The molecule has 1 aliphatic rings. The van der Waals surface area contributed by atoms with Crippen LogP contribution in [0.3, 0.4) is 0 Å². The van der Waals surface area contributed by atoms with Gasteiger partial charge in [-0.05, 0) is 50.1 Å². The zero-order chi connectivity index (χ0) is 12.5. The van der Waals surface area contributed by atoms with Gasteiger partial charge in [0.05, 0.1) is 4.34 Å². The van der Waals surface area contributed by atoms with Crippen LogP contribution in [0.5, 0.6) is 0 Å². The van der Waals surface area contributed by atoms with Crippen molar-refractivity contribution in [3.63, 3.8) is 0 Å². The van der Waals surface area contributed by atoms with E-state index in [1.165, 1.54) is 29.0 Å². The second kappa shape index (κ2) is 5.33. The van der Waals surface area contributed by atoms with Crippen LogP contribution in [0.4, 0.5) is 0 Å². The Morgan fingerprint density at radius 3 is 2.89 bits per heavy atom. The molecule has 0 amide bonds. The van der Waals surface area contributed by atoms with Gasteiger partial charge in [-0.2, -0.15) is 0 Å².